The number of nitrogens with zero attached hydrogens (tertiary/aromatic N) is 5. The van der Waals surface area contributed by atoms with Gasteiger partial charge in [-0.25, -0.2) is 4.98 Å². The van der Waals surface area contributed by atoms with Gasteiger partial charge in [0, 0.05) is 25.5 Å². The van der Waals surface area contributed by atoms with E-state index >= 15 is 0 Å². The van der Waals surface area contributed by atoms with Gasteiger partial charge < -0.3 is 15.1 Å². The molecule has 2 aromatic rings. The maximum Gasteiger partial charge on any atom is 0.227 e. The zero-order valence-corrected chi connectivity index (χ0v) is 12.0. The summed E-state index contributed by atoms with van der Waals surface area (Å²) in [6.07, 6.45) is 8.65. The lowest BCUT2D eigenvalue weighted by Crippen LogP contribution is -2.31. The Labute approximate surface area is 123 Å². The van der Waals surface area contributed by atoms with Crippen LogP contribution < -0.4 is 4.90 Å². The minimum Gasteiger partial charge on any atom is -0.395 e. The molecule has 0 aliphatic heterocycles. The van der Waals surface area contributed by atoms with Gasteiger partial charge in [0.2, 0.25) is 5.95 Å². The molecule has 2 aromatic heterocycles. The smallest absolute Gasteiger partial charge is 0.227 e. The summed E-state index contributed by atoms with van der Waals surface area (Å²) in [5.74, 6) is 0.502. The van der Waals surface area contributed by atoms with Gasteiger partial charge in [0.15, 0.2) is 5.65 Å². The third kappa shape index (κ3) is 2.98. The van der Waals surface area contributed by atoms with E-state index in [1.807, 2.05) is 10.9 Å². The van der Waals surface area contributed by atoms with Crippen LogP contribution in [-0.2, 0) is 0 Å². The molecule has 0 unspecified atom stereocenters. The van der Waals surface area contributed by atoms with Gasteiger partial charge in [-0.2, -0.15) is 10.1 Å². The Bertz CT molecular complexity index is 588. The van der Waals surface area contributed by atoms with E-state index < -0.39 is 0 Å². The van der Waals surface area contributed by atoms with E-state index in [0.717, 1.165) is 5.39 Å². The third-order valence-electron chi connectivity index (χ3n) is 3.99. The van der Waals surface area contributed by atoms with E-state index in [1.54, 1.807) is 11.1 Å². The minimum atomic E-state index is -0.00207. The molecule has 1 saturated carbocycles. The summed E-state index contributed by atoms with van der Waals surface area (Å²) >= 11 is 0. The second-order valence-electron chi connectivity index (χ2n) is 5.43. The lowest BCUT2D eigenvalue weighted by molar-refractivity contribution is 0.280. The topological polar surface area (TPSA) is 87.3 Å². The van der Waals surface area contributed by atoms with Gasteiger partial charge in [0.1, 0.15) is 0 Å². The van der Waals surface area contributed by atoms with Crippen molar-refractivity contribution in [2.24, 2.45) is 0 Å². The average molecular weight is 291 g/mol. The Morgan fingerprint density at radius 2 is 1.90 bits per heavy atom. The number of anilines is 1. The highest BCUT2D eigenvalue weighted by atomic mass is 16.3. The summed E-state index contributed by atoms with van der Waals surface area (Å²) in [7, 11) is 0. The lowest BCUT2D eigenvalue weighted by atomic mass is 10.3. The molecule has 0 radical (unpaired) electrons. The second-order valence-corrected chi connectivity index (χ2v) is 5.43. The fraction of sp³-hybridized carbons (Fsp3) is 0.643. The second kappa shape index (κ2) is 6.36. The van der Waals surface area contributed by atoms with Crippen molar-refractivity contribution >= 4 is 17.0 Å². The van der Waals surface area contributed by atoms with Gasteiger partial charge in [-0.05, 0) is 12.8 Å². The molecule has 3 rings (SSSR count). The standard InChI is InChI=1S/C14H21N5O2/c20-7-5-18(6-8-21)14-15-9-11-10-19(17-13(11)16-14)12-3-1-2-4-12/h9-10,12,20-21H,1-8H2. The van der Waals surface area contributed by atoms with Gasteiger partial charge >= 0.3 is 0 Å². The van der Waals surface area contributed by atoms with E-state index in [2.05, 4.69) is 15.1 Å². The van der Waals surface area contributed by atoms with Crippen LogP contribution in [-0.4, -0.2) is 56.3 Å². The van der Waals surface area contributed by atoms with Crippen LogP contribution in [0.4, 0.5) is 5.95 Å². The molecule has 2 heterocycles. The molecule has 21 heavy (non-hydrogen) atoms. The van der Waals surface area contributed by atoms with Crippen LogP contribution in [0.5, 0.6) is 0 Å². The van der Waals surface area contributed by atoms with Crippen molar-refractivity contribution in [3.05, 3.63) is 12.4 Å². The Hall–Kier alpha value is -1.73. The zero-order chi connectivity index (χ0) is 14.7. The molecular formula is C14H21N5O2. The van der Waals surface area contributed by atoms with Crippen molar-refractivity contribution in [2.75, 3.05) is 31.2 Å². The number of aliphatic hydroxyl groups is 2. The largest absolute Gasteiger partial charge is 0.395 e. The number of rotatable bonds is 6. The molecule has 2 N–H and O–H groups in total. The highest BCUT2D eigenvalue weighted by Gasteiger charge is 2.19. The van der Waals surface area contributed by atoms with Crippen LogP contribution in [0.1, 0.15) is 31.7 Å². The van der Waals surface area contributed by atoms with Crippen molar-refractivity contribution in [3.8, 4) is 0 Å². The minimum absolute atomic E-state index is 0.00207. The Kier molecular flexibility index (Phi) is 4.31. The molecule has 7 heteroatoms. The van der Waals surface area contributed by atoms with Crippen molar-refractivity contribution < 1.29 is 10.2 Å². The zero-order valence-electron chi connectivity index (χ0n) is 12.0. The fourth-order valence-corrected chi connectivity index (χ4v) is 2.89. The number of fused-ring (bicyclic) bond motifs is 1. The summed E-state index contributed by atoms with van der Waals surface area (Å²) in [5, 5.41) is 23.7. The normalized spacial score (nSPS) is 15.9. The van der Waals surface area contributed by atoms with Crippen LogP contribution in [0, 0.1) is 0 Å². The summed E-state index contributed by atoms with van der Waals surface area (Å²) in [5.41, 5.74) is 0.674. The van der Waals surface area contributed by atoms with E-state index in [1.165, 1.54) is 25.7 Å². The van der Waals surface area contributed by atoms with Crippen molar-refractivity contribution in [1.82, 2.24) is 19.7 Å². The Morgan fingerprint density at radius 1 is 1.19 bits per heavy atom. The fourth-order valence-electron chi connectivity index (χ4n) is 2.89. The molecule has 0 atom stereocenters. The first-order chi connectivity index (χ1) is 10.3. The van der Waals surface area contributed by atoms with Crippen LogP contribution in [0.25, 0.3) is 11.0 Å². The quantitative estimate of drug-likeness (QED) is 0.816. The molecule has 1 aliphatic rings. The number of hydrogen-bond acceptors (Lipinski definition) is 6. The summed E-state index contributed by atoms with van der Waals surface area (Å²) in [6, 6.07) is 0.480. The van der Waals surface area contributed by atoms with E-state index in [-0.39, 0.29) is 13.2 Å². The monoisotopic (exact) mass is 291 g/mol. The molecule has 0 amide bonds. The maximum atomic E-state index is 9.09. The van der Waals surface area contributed by atoms with Crippen LogP contribution in [0.15, 0.2) is 12.4 Å². The van der Waals surface area contributed by atoms with Gasteiger partial charge in [-0.3, -0.25) is 4.68 Å². The molecule has 0 spiro atoms. The van der Waals surface area contributed by atoms with Gasteiger partial charge in [0.05, 0.1) is 24.6 Å². The molecule has 0 saturated heterocycles. The molecule has 114 valence electrons. The Morgan fingerprint density at radius 3 is 2.57 bits per heavy atom. The van der Waals surface area contributed by atoms with Crippen LogP contribution >= 0.6 is 0 Å². The summed E-state index contributed by atoms with van der Waals surface area (Å²) in [4.78, 5) is 10.5. The summed E-state index contributed by atoms with van der Waals surface area (Å²) in [6.45, 7) is 0.792. The first-order valence-electron chi connectivity index (χ1n) is 7.50. The van der Waals surface area contributed by atoms with E-state index in [9.17, 15) is 0 Å². The third-order valence-corrected chi connectivity index (χ3v) is 3.99. The van der Waals surface area contributed by atoms with Crippen molar-refractivity contribution in [2.45, 2.75) is 31.7 Å². The maximum absolute atomic E-state index is 9.09. The average Bonchev–Trinajstić information content (AvgIpc) is 3.15. The molecule has 1 fully saturated rings. The lowest BCUT2D eigenvalue weighted by Gasteiger charge is -2.19. The molecular weight excluding hydrogens is 270 g/mol. The SMILES string of the molecule is OCCN(CCO)c1ncc2cn(C3CCCC3)nc2n1. The van der Waals surface area contributed by atoms with Crippen molar-refractivity contribution in [3.63, 3.8) is 0 Å². The number of aromatic nitrogens is 4. The molecule has 0 bridgehead atoms. The number of hydrogen-bond donors (Lipinski definition) is 2. The first-order valence-corrected chi connectivity index (χ1v) is 7.50. The molecule has 0 aromatic carbocycles. The highest BCUT2D eigenvalue weighted by Crippen LogP contribution is 2.29. The van der Waals surface area contributed by atoms with E-state index in [0.29, 0.717) is 30.7 Å². The van der Waals surface area contributed by atoms with Crippen LogP contribution in [0.3, 0.4) is 0 Å². The Balaban J connectivity index is 1.87. The summed E-state index contributed by atoms with van der Waals surface area (Å²) < 4.78 is 2.01. The first kappa shape index (κ1) is 14.2. The van der Waals surface area contributed by atoms with Crippen LogP contribution in [0.2, 0.25) is 0 Å². The molecule has 7 nitrogen and oxygen atoms in total. The van der Waals surface area contributed by atoms with Gasteiger partial charge in [-0.15, -0.1) is 0 Å². The predicted molar refractivity (Wildman–Crippen MR) is 79.2 cm³/mol. The number of aliphatic hydroxyl groups excluding tert-OH is 2. The van der Waals surface area contributed by atoms with E-state index in [4.69, 9.17) is 10.2 Å². The van der Waals surface area contributed by atoms with Crippen molar-refractivity contribution in [1.29, 1.82) is 0 Å². The molecule has 1 aliphatic carbocycles. The van der Waals surface area contributed by atoms with Gasteiger partial charge in [-0.1, -0.05) is 12.8 Å². The highest BCUT2D eigenvalue weighted by molar-refractivity contribution is 5.74. The predicted octanol–water partition coefficient (Wildman–Crippen LogP) is 0.732. The van der Waals surface area contributed by atoms with Gasteiger partial charge in [0.25, 0.3) is 0 Å².